The number of hydrogen-bond donors (Lipinski definition) is 0. The van der Waals surface area contributed by atoms with Gasteiger partial charge in [0.05, 0.1) is 12.0 Å². The highest BCUT2D eigenvalue weighted by Gasteiger charge is 2.34. The van der Waals surface area contributed by atoms with Crippen molar-refractivity contribution >= 4 is 27.5 Å². The minimum Gasteiger partial charge on any atom is -0.497 e. The van der Waals surface area contributed by atoms with Crippen LogP contribution < -0.4 is 4.74 Å². The Bertz CT molecular complexity index is 1010. The number of ether oxygens (including phenoxy) is 1. The predicted octanol–water partition coefficient (Wildman–Crippen LogP) is 4.43. The summed E-state index contributed by atoms with van der Waals surface area (Å²) in [6.45, 7) is 6.51. The molecule has 4 rings (SSSR count). The second kappa shape index (κ2) is 6.93. The Morgan fingerprint density at radius 2 is 1.89 bits per heavy atom. The van der Waals surface area contributed by atoms with Crippen molar-refractivity contribution < 1.29 is 9.53 Å². The van der Waals surface area contributed by atoms with Crippen molar-refractivity contribution in [2.75, 3.05) is 7.11 Å². The zero-order valence-corrected chi connectivity index (χ0v) is 16.9. The Hall–Kier alpha value is -2.47. The van der Waals surface area contributed by atoms with E-state index in [0.717, 1.165) is 56.3 Å². The number of thiophene rings is 1. The molecule has 2 heterocycles. The third kappa shape index (κ3) is 3.41. The molecule has 0 saturated heterocycles. The number of hydrogen-bond acceptors (Lipinski definition) is 5. The predicted molar refractivity (Wildman–Crippen MR) is 108 cm³/mol. The first-order valence-electron chi connectivity index (χ1n) is 9.16. The van der Waals surface area contributed by atoms with Crippen LogP contribution in [0.1, 0.15) is 45.2 Å². The highest BCUT2D eigenvalue weighted by Crippen LogP contribution is 2.36. The Morgan fingerprint density at radius 3 is 2.52 bits per heavy atom. The molecule has 0 aliphatic heterocycles. The van der Waals surface area contributed by atoms with Crippen LogP contribution in [0.15, 0.2) is 24.3 Å². The molecule has 1 aromatic carbocycles. The summed E-state index contributed by atoms with van der Waals surface area (Å²) >= 11 is 1.49. The van der Waals surface area contributed by atoms with E-state index in [4.69, 9.17) is 4.74 Å². The van der Waals surface area contributed by atoms with Gasteiger partial charge in [0.15, 0.2) is 0 Å². The lowest BCUT2D eigenvalue weighted by Crippen LogP contribution is -2.32. The number of nitrogens with zero attached hydrogens (tertiary/aromatic N) is 3. The molecule has 140 valence electrons. The number of fused-ring (bicyclic) bond motifs is 1. The summed E-state index contributed by atoms with van der Waals surface area (Å²) in [6.07, 6.45) is 2.15. The number of aromatic nitrogens is 2. The maximum Gasteiger partial charge on any atom is 0.264 e. The van der Waals surface area contributed by atoms with Crippen LogP contribution in [0.3, 0.4) is 0 Å². The van der Waals surface area contributed by atoms with Gasteiger partial charge in [0, 0.05) is 23.7 Å². The van der Waals surface area contributed by atoms with E-state index in [1.165, 1.54) is 11.3 Å². The zero-order valence-electron chi connectivity index (χ0n) is 16.1. The maximum absolute atomic E-state index is 13.4. The van der Waals surface area contributed by atoms with Gasteiger partial charge in [-0.1, -0.05) is 12.1 Å². The van der Waals surface area contributed by atoms with E-state index < -0.39 is 0 Å². The van der Waals surface area contributed by atoms with Crippen LogP contribution in [0.5, 0.6) is 5.75 Å². The molecule has 0 spiro atoms. The average Bonchev–Trinajstić information content (AvgIpc) is 3.43. The lowest BCUT2D eigenvalue weighted by atomic mass is 10.1. The number of carbonyl (C=O) groups excluding carboxylic acids is 1. The fourth-order valence-corrected chi connectivity index (χ4v) is 4.72. The van der Waals surface area contributed by atoms with E-state index >= 15 is 0 Å². The van der Waals surface area contributed by atoms with Crippen LogP contribution in [0.4, 0.5) is 0 Å². The van der Waals surface area contributed by atoms with Gasteiger partial charge in [0.25, 0.3) is 5.91 Å². The molecule has 27 heavy (non-hydrogen) atoms. The summed E-state index contributed by atoms with van der Waals surface area (Å²) in [5.41, 5.74) is 3.05. The molecule has 1 fully saturated rings. The lowest BCUT2D eigenvalue weighted by molar-refractivity contribution is 0.0734. The number of benzene rings is 1. The van der Waals surface area contributed by atoms with Crippen LogP contribution in [0.25, 0.3) is 10.2 Å². The maximum atomic E-state index is 13.4. The van der Waals surface area contributed by atoms with Crippen molar-refractivity contribution in [3.8, 4) is 5.75 Å². The molecule has 0 unspecified atom stereocenters. The van der Waals surface area contributed by atoms with Gasteiger partial charge in [-0.05, 0) is 56.9 Å². The molecule has 1 aliphatic carbocycles. The number of amides is 1. The fraction of sp³-hybridized carbons (Fsp3) is 0.381. The summed E-state index contributed by atoms with van der Waals surface area (Å²) in [5, 5.41) is 1.02. The van der Waals surface area contributed by atoms with Crippen molar-refractivity contribution in [1.29, 1.82) is 0 Å². The highest BCUT2D eigenvalue weighted by molar-refractivity contribution is 7.20. The first-order chi connectivity index (χ1) is 13.0. The second-order valence-electron chi connectivity index (χ2n) is 7.10. The largest absolute Gasteiger partial charge is 0.497 e. The summed E-state index contributed by atoms with van der Waals surface area (Å²) < 4.78 is 5.23. The van der Waals surface area contributed by atoms with Gasteiger partial charge < -0.3 is 9.64 Å². The van der Waals surface area contributed by atoms with Gasteiger partial charge in [-0.2, -0.15) is 0 Å². The normalized spacial score (nSPS) is 13.8. The molecule has 0 bridgehead atoms. The monoisotopic (exact) mass is 381 g/mol. The van der Waals surface area contributed by atoms with Crippen molar-refractivity contribution in [2.24, 2.45) is 0 Å². The standard InChI is InChI=1S/C21H23N3O2S/c1-12-18-13(2)22-14(3)23-20(18)27-19(12)21(25)24(16-7-8-16)11-15-5-9-17(26-4)10-6-15/h5-6,9-10,16H,7-8,11H2,1-4H3. The molecule has 0 atom stereocenters. The average molecular weight is 382 g/mol. The van der Waals surface area contributed by atoms with Crippen molar-refractivity contribution in [1.82, 2.24) is 14.9 Å². The quantitative estimate of drug-likeness (QED) is 0.656. The molecule has 2 aromatic heterocycles. The molecular weight excluding hydrogens is 358 g/mol. The molecule has 1 aliphatic rings. The molecule has 3 aromatic rings. The number of rotatable bonds is 5. The van der Waals surface area contributed by atoms with E-state index in [0.29, 0.717) is 12.6 Å². The topological polar surface area (TPSA) is 55.3 Å². The number of carbonyl (C=O) groups is 1. The number of aryl methyl sites for hydroxylation is 3. The Morgan fingerprint density at radius 1 is 1.19 bits per heavy atom. The summed E-state index contributed by atoms with van der Waals surface area (Å²) in [7, 11) is 1.66. The molecule has 6 heteroatoms. The van der Waals surface area contributed by atoms with Crippen molar-refractivity contribution in [3.63, 3.8) is 0 Å². The van der Waals surface area contributed by atoms with Gasteiger partial charge in [-0.25, -0.2) is 9.97 Å². The molecular formula is C21H23N3O2S. The first kappa shape index (κ1) is 17.9. The third-order valence-electron chi connectivity index (χ3n) is 5.04. The lowest BCUT2D eigenvalue weighted by Gasteiger charge is -2.22. The fourth-order valence-electron chi connectivity index (χ4n) is 3.49. The smallest absolute Gasteiger partial charge is 0.264 e. The second-order valence-corrected chi connectivity index (χ2v) is 8.10. The van der Waals surface area contributed by atoms with Crippen molar-refractivity contribution in [3.05, 3.63) is 51.8 Å². The molecule has 1 saturated carbocycles. The SMILES string of the molecule is COc1ccc(CN(C(=O)c2sc3nc(C)nc(C)c3c2C)C2CC2)cc1. The third-order valence-corrected chi connectivity index (χ3v) is 6.21. The van der Waals surface area contributed by atoms with E-state index in [9.17, 15) is 4.79 Å². The summed E-state index contributed by atoms with van der Waals surface area (Å²) in [4.78, 5) is 26.1. The van der Waals surface area contributed by atoms with Crippen LogP contribution in [0, 0.1) is 20.8 Å². The highest BCUT2D eigenvalue weighted by atomic mass is 32.1. The minimum absolute atomic E-state index is 0.103. The van der Waals surface area contributed by atoms with E-state index in [2.05, 4.69) is 9.97 Å². The Balaban J connectivity index is 1.67. The van der Waals surface area contributed by atoms with E-state index in [1.54, 1.807) is 7.11 Å². The van der Waals surface area contributed by atoms with Gasteiger partial charge in [0.2, 0.25) is 0 Å². The van der Waals surface area contributed by atoms with Crippen LogP contribution >= 0.6 is 11.3 Å². The first-order valence-corrected chi connectivity index (χ1v) is 9.98. The Kier molecular flexibility index (Phi) is 4.60. The van der Waals surface area contributed by atoms with Gasteiger partial charge in [-0.3, -0.25) is 4.79 Å². The zero-order chi connectivity index (χ0) is 19.1. The van der Waals surface area contributed by atoms with Crippen molar-refractivity contribution in [2.45, 2.75) is 46.2 Å². The van der Waals surface area contributed by atoms with Crippen LogP contribution in [0.2, 0.25) is 0 Å². The molecule has 0 N–H and O–H groups in total. The summed E-state index contributed by atoms with van der Waals surface area (Å²) in [5.74, 6) is 1.68. The molecule has 0 radical (unpaired) electrons. The summed E-state index contributed by atoms with van der Waals surface area (Å²) in [6, 6.07) is 8.27. The van der Waals surface area contributed by atoms with E-state index in [-0.39, 0.29) is 5.91 Å². The van der Waals surface area contributed by atoms with E-state index in [1.807, 2.05) is 49.9 Å². The number of methoxy groups -OCH3 is 1. The van der Waals surface area contributed by atoms with Crippen LogP contribution in [-0.2, 0) is 6.54 Å². The molecule has 5 nitrogen and oxygen atoms in total. The van der Waals surface area contributed by atoms with Crippen LogP contribution in [-0.4, -0.2) is 33.9 Å². The minimum atomic E-state index is 0.103. The molecule has 1 amide bonds. The van der Waals surface area contributed by atoms with Gasteiger partial charge >= 0.3 is 0 Å². The van der Waals surface area contributed by atoms with Gasteiger partial charge in [-0.15, -0.1) is 11.3 Å². The van der Waals surface area contributed by atoms with Gasteiger partial charge in [0.1, 0.15) is 16.4 Å². The Labute approximate surface area is 163 Å².